The fraction of sp³-hybridized carbons (Fsp3) is 0.462. The quantitative estimate of drug-likeness (QED) is 0.841. The molecule has 112 valence electrons. The Labute approximate surface area is 117 Å². The number of sulfonamides is 1. The summed E-state index contributed by atoms with van der Waals surface area (Å²) < 4.78 is 39.8. The number of carboxylic acids is 1. The fourth-order valence-corrected chi connectivity index (χ4v) is 3.10. The van der Waals surface area contributed by atoms with Crippen molar-refractivity contribution in [2.75, 3.05) is 0 Å². The van der Waals surface area contributed by atoms with E-state index in [4.69, 9.17) is 5.11 Å². The summed E-state index contributed by atoms with van der Waals surface area (Å²) >= 11 is 0. The van der Waals surface area contributed by atoms with E-state index >= 15 is 0 Å². The molecule has 0 bridgehead atoms. The van der Waals surface area contributed by atoms with Gasteiger partial charge in [0.1, 0.15) is 16.8 Å². The Morgan fingerprint density at radius 3 is 2.50 bits per heavy atom. The highest BCUT2D eigenvalue weighted by Crippen LogP contribution is 2.17. The molecule has 0 aliphatic rings. The molecule has 0 fully saturated rings. The first-order chi connectivity index (χ1) is 9.13. The lowest BCUT2D eigenvalue weighted by molar-refractivity contribution is -0.139. The summed E-state index contributed by atoms with van der Waals surface area (Å²) in [6.45, 7) is 5.18. The van der Waals surface area contributed by atoms with E-state index < -0.39 is 32.7 Å². The van der Waals surface area contributed by atoms with Crippen LogP contribution in [0.25, 0.3) is 0 Å². The average molecular weight is 303 g/mol. The second kappa shape index (κ2) is 6.32. The molecule has 0 spiro atoms. The van der Waals surface area contributed by atoms with Crippen LogP contribution in [0.15, 0.2) is 23.1 Å². The molecule has 20 heavy (non-hydrogen) atoms. The first-order valence-corrected chi connectivity index (χ1v) is 7.63. The summed E-state index contributed by atoms with van der Waals surface area (Å²) in [6, 6.07) is 2.38. The summed E-state index contributed by atoms with van der Waals surface area (Å²) in [5.41, 5.74) is 0.572. The summed E-state index contributed by atoms with van der Waals surface area (Å²) in [5, 5.41) is 9.04. The molecule has 0 amide bonds. The normalized spacial score (nSPS) is 13.4. The summed E-state index contributed by atoms with van der Waals surface area (Å²) in [6.07, 6.45) is 0.127. The SMILES string of the molecule is Cc1ccc(F)c(S(=O)(=O)NC(CC(C)C)C(=O)O)c1. The number of aryl methyl sites for hydroxylation is 1. The first-order valence-electron chi connectivity index (χ1n) is 6.14. The van der Waals surface area contributed by atoms with Crippen LogP contribution >= 0.6 is 0 Å². The van der Waals surface area contributed by atoms with Crippen molar-refractivity contribution in [1.29, 1.82) is 0 Å². The van der Waals surface area contributed by atoms with E-state index in [1.54, 1.807) is 20.8 Å². The molecule has 1 aromatic carbocycles. The smallest absolute Gasteiger partial charge is 0.321 e. The van der Waals surface area contributed by atoms with Crippen LogP contribution in [0, 0.1) is 18.7 Å². The number of carbonyl (C=O) groups is 1. The molecule has 0 saturated carbocycles. The van der Waals surface area contributed by atoms with E-state index in [0.29, 0.717) is 5.56 Å². The number of hydrogen-bond acceptors (Lipinski definition) is 3. The molecule has 1 rings (SSSR count). The van der Waals surface area contributed by atoms with Crippen molar-refractivity contribution in [3.8, 4) is 0 Å². The monoisotopic (exact) mass is 303 g/mol. The summed E-state index contributed by atoms with van der Waals surface area (Å²) in [4.78, 5) is 10.5. The van der Waals surface area contributed by atoms with Crippen molar-refractivity contribution in [2.45, 2.75) is 38.1 Å². The fourth-order valence-electron chi connectivity index (χ4n) is 1.74. The van der Waals surface area contributed by atoms with E-state index in [1.807, 2.05) is 4.72 Å². The Hall–Kier alpha value is -1.47. The zero-order valence-corrected chi connectivity index (χ0v) is 12.4. The van der Waals surface area contributed by atoms with Crippen molar-refractivity contribution in [1.82, 2.24) is 4.72 Å². The van der Waals surface area contributed by atoms with Crippen LogP contribution in [-0.2, 0) is 14.8 Å². The number of aliphatic carboxylic acids is 1. The molecule has 1 aromatic rings. The molecule has 0 radical (unpaired) electrons. The maximum absolute atomic E-state index is 13.6. The van der Waals surface area contributed by atoms with Gasteiger partial charge in [0.2, 0.25) is 10.0 Å². The number of carboxylic acid groups (broad SMARTS) is 1. The molecular weight excluding hydrogens is 285 g/mol. The Morgan fingerprint density at radius 2 is 2.00 bits per heavy atom. The van der Waals surface area contributed by atoms with Crippen LogP contribution in [-0.4, -0.2) is 25.5 Å². The largest absolute Gasteiger partial charge is 0.480 e. The predicted molar refractivity (Wildman–Crippen MR) is 72.3 cm³/mol. The first kappa shape index (κ1) is 16.6. The van der Waals surface area contributed by atoms with Gasteiger partial charge >= 0.3 is 5.97 Å². The van der Waals surface area contributed by atoms with Crippen LogP contribution in [0.2, 0.25) is 0 Å². The molecule has 5 nitrogen and oxygen atoms in total. The van der Waals surface area contributed by atoms with Gasteiger partial charge in [-0.3, -0.25) is 4.79 Å². The Balaban J connectivity index is 3.09. The van der Waals surface area contributed by atoms with E-state index in [9.17, 15) is 17.6 Å². The van der Waals surface area contributed by atoms with Crippen molar-refractivity contribution in [3.63, 3.8) is 0 Å². The molecule has 0 aliphatic carbocycles. The average Bonchev–Trinajstić information content (AvgIpc) is 2.30. The Bertz CT molecular complexity index is 598. The topological polar surface area (TPSA) is 83.5 Å². The second-order valence-corrected chi connectivity index (χ2v) is 6.76. The minimum absolute atomic E-state index is 0.0128. The molecule has 2 N–H and O–H groups in total. The number of nitrogens with one attached hydrogen (secondary N) is 1. The van der Waals surface area contributed by atoms with Crippen LogP contribution in [0.1, 0.15) is 25.8 Å². The van der Waals surface area contributed by atoms with E-state index in [1.165, 1.54) is 12.1 Å². The zero-order chi connectivity index (χ0) is 15.5. The third-order valence-electron chi connectivity index (χ3n) is 2.68. The second-order valence-electron chi connectivity index (χ2n) is 5.08. The molecule has 0 saturated heterocycles. The van der Waals surface area contributed by atoms with Crippen molar-refractivity contribution in [3.05, 3.63) is 29.6 Å². The molecule has 0 aliphatic heterocycles. The minimum Gasteiger partial charge on any atom is -0.480 e. The molecular formula is C13H18FNO4S. The third-order valence-corrected chi connectivity index (χ3v) is 4.17. The highest BCUT2D eigenvalue weighted by Gasteiger charge is 2.28. The minimum atomic E-state index is -4.21. The van der Waals surface area contributed by atoms with Gasteiger partial charge in [0.05, 0.1) is 0 Å². The molecule has 0 heterocycles. The molecule has 1 atom stereocenters. The van der Waals surface area contributed by atoms with Crippen molar-refractivity contribution >= 4 is 16.0 Å². The zero-order valence-electron chi connectivity index (χ0n) is 11.6. The molecule has 1 unspecified atom stereocenters. The van der Waals surface area contributed by atoms with E-state index in [0.717, 1.165) is 6.07 Å². The van der Waals surface area contributed by atoms with Crippen molar-refractivity contribution < 1.29 is 22.7 Å². The van der Waals surface area contributed by atoms with Gasteiger partial charge in [-0.15, -0.1) is 0 Å². The van der Waals surface area contributed by atoms with Crippen LogP contribution in [0.5, 0.6) is 0 Å². The Morgan fingerprint density at radius 1 is 1.40 bits per heavy atom. The van der Waals surface area contributed by atoms with Gasteiger partial charge in [0, 0.05) is 0 Å². The van der Waals surface area contributed by atoms with E-state index in [-0.39, 0.29) is 12.3 Å². The molecule has 7 heteroatoms. The Kier molecular flexibility index (Phi) is 5.24. The van der Waals surface area contributed by atoms with Gasteiger partial charge in [-0.25, -0.2) is 12.8 Å². The number of halogens is 1. The van der Waals surface area contributed by atoms with Gasteiger partial charge in [0.15, 0.2) is 0 Å². The van der Waals surface area contributed by atoms with Gasteiger partial charge < -0.3 is 5.11 Å². The van der Waals surface area contributed by atoms with Crippen LogP contribution in [0.3, 0.4) is 0 Å². The molecule has 0 aromatic heterocycles. The standard InChI is InChI=1S/C13H18FNO4S/c1-8(2)6-11(13(16)17)15-20(18,19)12-7-9(3)4-5-10(12)14/h4-5,7-8,11,15H,6H2,1-3H3,(H,16,17). The van der Waals surface area contributed by atoms with Crippen molar-refractivity contribution in [2.24, 2.45) is 5.92 Å². The lowest BCUT2D eigenvalue weighted by Crippen LogP contribution is -2.41. The van der Waals surface area contributed by atoms with Gasteiger partial charge in [-0.2, -0.15) is 4.72 Å². The lowest BCUT2D eigenvalue weighted by atomic mass is 10.1. The van der Waals surface area contributed by atoms with E-state index in [2.05, 4.69) is 0 Å². The maximum Gasteiger partial charge on any atom is 0.321 e. The predicted octanol–water partition coefficient (Wildman–Crippen LogP) is 1.91. The summed E-state index contributed by atoms with van der Waals surface area (Å²) in [5.74, 6) is -2.20. The highest BCUT2D eigenvalue weighted by atomic mass is 32.2. The highest BCUT2D eigenvalue weighted by molar-refractivity contribution is 7.89. The van der Waals surface area contributed by atoms with Gasteiger partial charge in [0.25, 0.3) is 0 Å². The van der Waals surface area contributed by atoms with Gasteiger partial charge in [-0.05, 0) is 37.0 Å². The number of hydrogen-bond donors (Lipinski definition) is 2. The summed E-state index contributed by atoms with van der Waals surface area (Å²) in [7, 11) is -4.21. The lowest BCUT2D eigenvalue weighted by Gasteiger charge is -2.17. The van der Waals surface area contributed by atoms with Gasteiger partial charge in [-0.1, -0.05) is 19.9 Å². The number of benzene rings is 1. The maximum atomic E-state index is 13.6. The third kappa shape index (κ3) is 4.28. The number of rotatable bonds is 6. The van der Waals surface area contributed by atoms with Crippen LogP contribution in [0.4, 0.5) is 4.39 Å². The van der Waals surface area contributed by atoms with Crippen LogP contribution < -0.4 is 4.72 Å².